The minimum absolute atomic E-state index is 3.19. The van der Waals surface area contributed by atoms with Crippen LogP contribution in [0.3, 0.4) is 0 Å². The second kappa shape index (κ2) is 4.51. The number of rotatable bonds is 0. The Morgan fingerprint density at radius 2 is 1.29 bits per heavy atom. The van der Waals surface area contributed by atoms with Gasteiger partial charge in [0.15, 0.2) is 0 Å². The molecule has 0 bridgehead atoms. The van der Waals surface area contributed by atoms with Crippen LogP contribution in [0.25, 0.3) is 0 Å². The van der Waals surface area contributed by atoms with Gasteiger partial charge in [0.25, 0.3) is 0 Å². The Bertz CT molecular complexity index is 91.2. The van der Waals surface area contributed by atoms with Gasteiger partial charge in [-0.05, 0) is 0 Å². The average Bonchev–Trinajstić information content (AvgIpc) is 1.36. The molecular formula is HCuO5S. The van der Waals surface area contributed by atoms with Gasteiger partial charge in [-0.3, -0.25) is 8.42 Å². The Hall–Kier alpha value is 0.349. The van der Waals surface area contributed by atoms with E-state index in [2.05, 4.69) is 16.3 Å². The SMILES string of the molecule is O=S(=O)([O-])[O-].[OH][Cu+2]. The van der Waals surface area contributed by atoms with Crippen molar-refractivity contribution in [3.8, 4) is 0 Å². The molecule has 0 spiro atoms. The third-order valence-corrected chi connectivity index (χ3v) is 0. The van der Waals surface area contributed by atoms with Gasteiger partial charge >= 0.3 is 20.5 Å². The van der Waals surface area contributed by atoms with E-state index in [0.717, 1.165) is 0 Å². The summed E-state index contributed by atoms with van der Waals surface area (Å²) in [6.45, 7) is 0. The summed E-state index contributed by atoms with van der Waals surface area (Å²) in [6.07, 6.45) is 0. The van der Waals surface area contributed by atoms with E-state index in [1.807, 2.05) is 0 Å². The van der Waals surface area contributed by atoms with Gasteiger partial charge in [0.2, 0.25) is 0 Å². The molecule has 0 fully saturated rings. The molecule has 0 unspecified atom stereocenters. The van der Waals surface area contributed by atoms with Gasteiger partial charge < -0.3 is 9.11 Å². The topological polar surface area (TPSA) is 100 Å². The van der Waals surface area contributed by atoms with E-state index in [-0.39, 0.29) is 0 Å². The Labute approximate surface area is 49.1 Å². The van der Waals surface area contributed by atoms with Crippen molar-refractivity contribution in [1.29, 1.82) is 0 Å². The van der Waals surface area contributed by atoms with Crippen LogP contribution in [0.2, 0.25) is 0 Å². The Balaban J connectivity index is 0. The van der Waals surface area contributed by atoms with Gasteiger partial charge in [0, 0.05) is 10.4 Å². The van der Waals surface area contributed by atoms with Gasteiger partial charge in [-0.25, -0.2) is 0 Å². The number of hydrogen-bond donors (Lipinski definition) is 1. The van der Waals surface area contributed by atoms with Crippen molar-refractivity contribution in [2.75, 3.05) is 0 Å². The second-order valence-corrected chi connectivity index (χ2v) is 1.22. The van der Waals surface area contributed by atoms with Crippen LogP contribution in [-0.4, -0.2) is 21.7 Å². The van der Waals surface area contributed by atoms with Crippen molar-refractivity contribution in [1.82, 2.24) is 0 Å². The predicted molar refractivity (Wildman–Crippen MR) is 12.7 cm³/mol. The Kier molecular flexibility index (Phi) is 6.67. The summed E-state index contributed by atoms with van der Waals surface area (Å²) in [5.41, 5.74) is 0. The van der Waals surface area contributed by atoms with Crippen molar-refractivity contribution in [2.24, 2.45) is 0 Å². The summed E-state index contributed by atoms with van der Waals surface area (Å²) in [5.74, 6) is 0. The molecule has 0 aliphatic heterocycles. The van der Waals surface area contributed by atoms with Crippen LogP contribution in [0.15, 0.2) is 0 Å². The molecule has 0 rings (SSSR count). The Morgan fingerprint density at radius 1 is 1.29 bits per heavy atom. The fourth-order valence-electron chi connectivity index (χ4n) is 0. The van der Waals surface area contributed by atoms with E-state index in [1.54, 1.807) is 0 Å². The summed E-state index contributed by atoms with van der Waals surface area (Å²) in [7, 11) is -5.17. The molecule has 0 atom stereocenters. The Morgan fingerprint density at radius 3 is 1.29 bits per heavy atom. The van der Waals surface area contributed by atoms with E-state index >= 15 is 0 Å². The quantitative estimate of drug-likeness (QED) is 0.264. The summed E-state index contributed by atoms with van der Waals surface area (Å²) in [6, 6.07) is 0. The predicted octanol–water partition coefficient (Wildman–Crippen LogP) is -1.90. The van der Waals surface area contributed by atoms with E-state index in [1.165, 1.54) is 0 Å². The van der Waals surface area contributed by atoms with Gasteiger partial charge in [0.05, 0.1) is 0 Å². The summed E-state index contributed by atoms with van der Waals surface area (Å²) < 4.78 is 40.6. The third-order valence-electron chi connectivity index (χ3n) is 0. The first-order chi connectivity index (χ1) is 3.00. The first-order valence-corrected chi connectivity index (χ1v) is 2.56. The van der Waals surface area contributed by atoms with Crippen molar-refractivity contribution in [3.05, 3.63) is 0 Å². The maximum absolute atomic E-state index is 8.52. The summed E-state index contributed by atoms with van der Waals surface area (Å²) >= 11 is 3.19. The molecule has 0 aliphatic rings. The fraction of sp³-hybridized carbons (Fsp3) is 0. The zero-order valence-electron chi connectivity index (χ0n) is 2.79. The van der Waals surface area contributed by atoms with Crippen LogP contribution in [-0.2, 0) is 26.7 Å². The number of hydrogen-bond acceptors (Lipinski definition) is 5. The first kappa shape index (κ1) is 10.4. The third kappa shape index (κ3) is 983. The standard InChI is InChI=1S/Cu.H2O4S.H2O/c;1-5(2,3)4;/h;(H2,1,2,3,4);1H2/q+3;;/p-3. The second-order valence-electron chi connectivity index (χ2n) is 0.408. The molecule has 0 radical (unpaired) electrons. The fourth-order valence-corrected chi connectivity index (χ4v) is 0. The van der Waals surface area contributed by atoms with Crippen LogP contribution in [0, 0.1) is 0 Å². The molecule has 0 saturated heterocycles. The van der Waals surface area contributed by atoms with Crippen LogP contribution >= 0.6 is 0 Å². The monoisotopic (exact) mass is 176 g/mol. The van der Waals surface area contributed by atoms with Crippen molar-refractivity contribution < 1.29 is 38.1 Å². The molecule has 0 aromatic heterocycles. The molecule has 0 aromatic carbocycles. The van der Waals surface area contributed by atoms with Crippen LogP contribution < -0.4 is 0 Å². The van der Waals surface area contributed by atoms with Gasteiger partial charge in [-0.1, -0.05) is 0 Å². The van der Waals surface area contributed by atoms with Crippen molar-refractivity contribution in [2.45, 2.75) is 0 Å². The zero-order chi connectivity index (χ0) is 6.50. The molecule has 7 heavy (non-hydrogen) atoms. The first-order valence-electron chi connectivity index (χ1n) is 0.802. The van der Waals surface area contributed by atoms with Gasteiger partial charge in [-0.2, -0.15) is 0 Å². The van der Waals surface area contributed by atoms with Crippen molar-refractivity contribution in [3.63, 3.8) is 0 Å². The molecule has 0 aromatic rings. The molecule has 5 nitrogen and oxygen atoms in total. The molecule has 0 heterocycles. The average molecular weight is 177 g/mol. The molecule has 1 N–H and O–H groups in total. The molecular weight excluding hydrogens is 176 g/mol. The van der Waals surface area contributed by atoms with Gasteiger partial charge in [-0.15, -0.1) is 0 Å². The molecule has 0 saturated carbocycles. The minimum atomic E-state index is -5.17. The molecule has 7 heteroatoms. The summed E-state index contributed by atoms with van der Waals surface area (Å²) in [5, 5.41) is 0. The maximum atomic E-state index is 8.52. The molecule has 0 amide bonds. The molecule has 0 aliphatic carbocycles. The van der Waals surface area contributed by atoms with Crippen LogP contribution in [0.5, 0.6) is 0 Å². The van der Waals surface area contributed by atoms with E-state index in [4.69, 9.17) is 21.7 Å². The van der Waals surface area contributed by atoms with Gasteiger partial charge in [0.1, 0.15) is 0 Å². The normalized spacial score (nSPS) is 9.29. The summed E-state index contributed by atoms with van der Waals surface area (Å²) in [4.78, 5) is 0. The van der Waals surface area contributed by atoms with E-state index in [9.17, 15) is 0 Å². The van der Waals surface area contributed by atoms with E-state index < -0.39 is 10.4 Å². The molecule has 48 valence electrons. The zero-order valence-corrected chi connectivity index (χ0v) is 4.55. The van der Waals surface area contributed by atoms with E-state index in [0.29, 0.717) is 0 Å². The van der Waals surface area contributed by atoms with Crippen LogP contribution in [0.1, 0.15) is 0 Å². The van der Waals surface area contributed by atoms with Crippen molar-refractivity contribution >= 4 is 10.4 Å². The van der Waals surface area contributed by atoms with Crippen LogP contribution in [0.4, 0.5) is 0 Å².